The maximum absolute atomic E-state index is 13.6. The maximum Gasteiger partial charge on any atom is 0.254 e. The van der Waals surface area contributed by atoms with Crippen molar-refractivity contribution in [2.24, 2.45) is 10.8 Å². The van der Waals surface area contributed by atoms with Crippen molar-refractivity contribution < 1.29 is 9.53 Å². The molecule has 3 aliphatic rings. The average Bonchev–Trinajstić information content (AvgIpc) is 3.24. The molecule has 3 fully saturated rings. The van der Waals surface area contributed by atoms with Gasteiger partial charge in [0.1, 0.15) is 16.7 Å². The molecule has 2 aliphatic heterocycles. The van der Waals surface area contributed by atoms with Crippen molar-refractivity contribution in [1.82, 2.24) is 14.9 Å². The minimum atomic E-state index is 0.156. The molecule has 1 aliphatic carbocycles. The Bertz CT molecular complexity index is 1440. The highest BCUT2D eigenvalue weighted by Gasteiger charge is 2.51. The molecule has 3 aromatic rings. The first-order chi connectivity index (χ1) is 20.1. The van der Waals surface area contributed by atoms with Crippen LogP contribution < -0.4 is 14.5 Å². The molecule has 2 atom stereocenters. The summed E-state index contributed by atoms with van der Waals surface area (Å²) in [4.78, 5) is 29.8. The van der Waals surface area contributed by atoms with Gasteiger partial charge in [-0.3, -0.25) is 4.79 Å². The lowest BCUT2D eigenvalue weighted by Gasteiger charge is -2.39. The van der Waals surface area contributed by atoms with Crippen LogP contribution in [0.3, 0.4) is 0 Å². The van der Waals surface area contributed by atoms with Crippen LogP contribution in [0.15, 0.2) is 59.8 Å². The number of amides is 1. The molecular formula is C33H40ClN5O2S. The summed E-state index contributed by atoms with van der Waals surface area (Å²) in [6.45, 7) is 11.4. The van der Waals surface area contributed by atoms with Gasteiger partial charge in [-0.1, -0.05) is 56.3 Å². The van der Waals surface area contributed by atoms with Crippen molar-refractivity contribution in [2.75, 3.05) is 49.6 Å². The van der Waals surface area contributed by atoms with Crippen LogP contribution in [0.1, 0.15) is 56.0 Å². The highest BCUT2D eigenvalue weighted by atomic mass is 35.5. The highest BCUT2D eigenvalue weighted by molar-refractivity contribution is 7.98. The minimum absolute atomic E-state index is 0.156. The molecule has 0 radical (unpaired) electrons. The molecule has 0 spiro atoms. The lowest BCUT2D eigenvalue weighted by molar-refractivity contribution is 0.0708. The summed E-state index contributed by atoms with van der Waals surface area (Å²) in [7, 11) is 1.69. The van der Waals surface area contributed by atoms with E-state index in [4.69, 9.17) is 21.3 Å². The third-order valence-corrected chi connectivity index (χ3v) is 10.0. The maximum atomic E-state index is 13.6. The van der Waals surface area contributed by atoms with Gasteiger partial charge in [0.2, 0.25) is 0 Å². The third-order valence-electron chi connectivity index (χ3n) is 8.92. The largest absolute Gasteiger partial charge is 0.497 e. The Morgan fingerprint density at radius 2 is 1.74 bits per heavy atom. The van der Waals surface area contributed by atoms with E-state index in [1.807, 2.05) is 36.4 Å². The predicted octanol–water partition coefficient (Wildman–Crippen LogP) is 6.80. The van der Waals surface area contributed by atoms with Crippen molar-refractivity contribution in [3.05, 3.63) is 70.9 Å². The number of aromatic nitrogens is 2. The first-order valence-corrected chi connectivity index (χ1v) is 16.2. The van der Waals surface area contributed by atoms with Crippen LogP contribution in [-0.4, -0.2) is 66.7 Å². The zero-order valence-electron chi connectivity index (χ0n) is 25.0. The predicted molar refractivity (Wildman–Crippen MR) is 171 cm³/mol. The Balaban J connectivity index is 1.08. The lowest BCUT2D eigenvalue weighted by Crippen LogP contribution is -2.46. The van der Waals surface area contributed by atoms with Gasteiger partial charge in [0, 0.05) is 61.8 Å². The van der Waals surface area contributed by atoms with E-state index in [0.717, 1.165) is 68.3 Å². The number of methoxy groups -OCH3 is 1. The van der Waals surface area contributed by atoms with Crippen LogP contribution in [0.5, 0.6) is 5.75 Å². The van der Waals surface area contributed by atoms with Gasteiger partial charge in [-0.2, -0.15) is 0 Å². The molecule has 42 heavy (non-hydrogen) atoms. The molecule has 9 heteroatoms. The summed E-state index contributed by atoms with van der Waals surface area (Å²) >= 11 is 8.01. The monoisotopic (exact) mass is 605 g/mol. The number of likely N-dealkylation sites (tertiary alicyclic amines) is 1. The summed E-state index contributed by atoms with van der Waals surface area (Å²) < 4.78 is 5.29. The van der Waals surface area contributed by atoms with Crippen LogP contribution in [-0.2, 0) is 5.75 Å². The summed E-state index contributed by atoms with van der Waals surface area (Å²) in [5.74, 6) is 2.54. The number of ether oxygens (including phenoxy) is 1. The van der Waals surface area contributed by atoms with Gasteiger partial charge >= 0.3 is 0 Å². The molecular weight excluding hydrogens is 566 g/mol. The number of hydrogen-bond donors (Lipinski definition) is 0. The van der Waals surface area contributed by atoms with Gasteiger partial charge in [-0.15, -0.1) is 0 Å². The number of thioether (sulfide) groups is 1. The van der Waals surface area contributed by atoms with E-state index < -0.39 is 0 Å². The van der Waals surface area contributed by atoms with E-state index in [-0.39, 0.29) is 16.7 Å². The molecule has 1 aromatic heterocycles. The Hall–Kier alpha value is -2.97. The molecule has 2 bridgehead atoms. The SMILES string of the molecule is COc1ccc(N2CCN(c3cc(Cl)nc(SCc4cccc(C(=O)N5CC6(C)CC5CC(C)(C)C6)c4)n3)CC2)cc1. The molecule has 2 saturated heterocycles. The second-order valence-electron chi connectivity index (χ2n) is 13.1. The number of nitrogens with zero attached hydrogens (tertiary/aromatic N) is 5. The van der Waals surface area contributed by atoms with E-state index in [1.165, 1.54) is 12.1 Å². The number of benzene rings is 2. The number of rotatable bonds is 7. The van der Waals surface area contributed by atoms with E-state index >= 15 is 0 Å². The number of carbonyl (C=O) groups excluding carboxylic acids is 1. The lowest BCUT2D eigenvalue weighted by atomic mass is 9.65. The number of anilines is 2. The van der Waals surface area contributed by atoms with E-state index in [1.54, 1.807) is 18.9 Å². The fourth-order valence-corrected chi connectivity index (χ4v) is 8.43. The number of piperazine rings is 1. The molecule has 222 valence electrons. The third kappa shape index (κ3) is 6.35. The fourth-order valence-electron chi connectivity index (χ4n) is 7.40. The molecule has 6 rings (SSSR count). The number of hydrogen-bond acceptors (Lipinski definition) is 7. The summed E-state index contributed by atoms with van der Waals surface area (Å²) in [5.41, 5.74) is 3.55. The highest BCUT2D eigenvalue weighted by Crippen LogP contribution is 2.52. The van der Waals surface area contributed by atoms with Crippen molar-refractivity contribution >= 4 is 40.8 Å². The molecule has 1 saturated carbocycles. The van der Waals surface area contributed by atoms with Gasteiger partial charge in [0.25, 0.3) is 5.91 Å². The molecule has 1 amide bonds. The summed E-state index contributed by atoms with van der Waals surface area (Å²) in [5, 5.41) is 1.09. The first-order valence-electron chi connectivity index (χ1n) is 14.8. The normalized spacial score (nSPS) is 23.3. The Kier molecular flexibility index (Phi) is 8.05. The molecule has 3 heterocycles. The molecule has 2 unspecified atom stereocenters. The topological polar surface area (TPSA) is 61.8 Å². The summed E-state index contributed by atoms with van der Waals surface area (Å²) in [6.07, 6.45) is 3.37. The van der Waals surface area contributed by atoms with Crippen molar-refractivity contribution in [3.63, 3.8) is 0 Å². The Labute approximate surface area is 258 Å². The Morgan fingerprint density at radius 1 is 1.00 bits per heavy atom. The van der Waals surface area contributed by atoms with Gasteiger partial charge in [-0.05, 0) is 72.1 Å². The average molecular weight is 606 g/mol. The van der Waals surface area contributed by atoms with Crippen molar-refractivity contribution in [2.45, 2.75) is 57.0 Å². The summed E-state index contributed by atoms with van der Waals surface area (Å²) in [6, 6.07) is 18.4. The number of halogens is 1. The quantitative estimate of drug-likeness (QED) is 0.167. The van der Waals surface area contributed by atoms with Crippen molar-refractivity contribution in [1.29, 1.82) is 0 Å². The minimum Gasteiger partial charge on any atom is -0.497 e. The van der Waals surface area contributed by atoms with E-state index in [0.29, 0.717) is 22.1 Å². The van der Waals surface area contributed by atoms with Crippen LogP contribution in [0.2, 0.25) is 5.15 Å². The van der Waals surface area contributed by atoms with Crippen LogP contribution in [0, 0.1) is 10.8 Å². The molecule has 7 nitrogen and oxygen atoms in total. The zero-order chi connectivity index (χ0) is 29.5. The van der Waals surface area contributed by atoms with Gasteiger partial charge in [0.15, 0.2) is 5.16 Å². The Morgan fingerprint density at radius 3 is 2.48 bits per heavy atom. The number of carbonyl (C=O) groups is 1. The fraction of sp³-hybridized carbons (Fsp3) is 0.485. The zero-order valence-corrected chi connectivity index (χ0v) is 26.5. The second kappa shape index (κ2) is 11.6. The van der Waals surface area contributed by atoms with Crippen molar-refractivity contribution in [3.8, 4) is 5.75 Å². The second-order valence-corrected chi connectivity index (χ2v) is 14.5. The van der Waals surface area contributed by atoms with Gasteiger partial charge in [0.05, 0.1) is 7.11 Å². The van der Waals surface area contributed by atoms with Gasteiger partial charge in [-0.25, -0.2) is 9.97 Å². The van der Waals surface area contributed by atoms with Crippen LogP contribution >= 0.6 is 23.4 Å². The van der Waals surface area contributed by atoms with E-state index in [9.17, 15) is 4.79 Å². The molecule has 0 N–H and O–H groups in total. The standard InChI is InChI=1S/C33H40ClN5O2S/c1-32(2)18-26-19-33(3,21-32)22-39(26)30(40)24-7-5-6-23(16-24)20-42-31-35-28(34)17-29(36-31)38-14-12-37(13-15-38)25-8-10-27(41-4)11-9-25/h5-11,16-17,26H,12-15,18-22H2,1-4H3. The first kappa shape index (κ1) is 29.1. The molecule has 2 aromatic carbocycles. The number of fused-ring (bicyclic) bond motifs is 2. The van der Waals surface area contributed by atoms with Crippen LogP contribution in [0.4, 0.5) is 11.5 Å². The van der Waals surface area contributed by atoms with Gasteiger partial charge < -0.3 is 19.4 Å². The van der Waals surface area contributed by atoms with Crippen LogP contribution in [0.25, 0.3) is 0 Å². The smallest absolute Gasteiger partial charge is 0.254 e. The van der Waals surface area contributed by atoms with E-state index in [2.05, 4.69) is 58.7 Å².